The molecule has 0 aromatic rings. The van der Waals surface area contributed by atoms with Crippen LogP contribution >= 0.6 is 0 Å². The second kappa shape index (κ2) is 6.71. The summed E-state index contributed by atoms with van der Waals surface area (Å²) in [5, 5.41) is 3.16. The van der Waals surface area contributed by atoms with Crippen molar-refractivity contribution in [3.8, 4) is 0 Å². The molecule has 3 N–H and O–H groups in total. The first kappa shape index (κ1) is 14.8. The van der Waals surface area contributed by atoms with Gasteiger partial charge in [0.2, 0.25) is 5.91 Å². The largest absolute Gasteiger partial charge is 0.356 e. The summed E-state index contributed by atoms with van der Waals surface area (Å²) < 4.78 is 0. The molecule has 1 saturated heterocycles. The van der Waals surface area contributed by atoms with Crippen LogP contribution in [0.2, 0.25) is 0 Å². The van der Waals surface area contributed by atoms with E-state index in [0.717, 1.165) is 38.9 Å². The Morgan fingerprint density at radius 1 is 1.37 bits per heavy atom. The van der Waals surface area contributed by atoms with E-state index >= 15 is 0 Å². The number of nitrogens with two attached hydrogens (primary N) is 1. The van der Waals surface area contributed by atoms with Crippen LogP contribution in [0.25, 0.3) is 0 Å². The van der Waals surface area contributed by atoms with Crippen molar-refractivity contribution in [3.05, 3.63) is 0 Å². The van der Waals surface area contributed by atoms with E-state index < -0.39 is 0 Å². The summed E-state index contributed by atoms with van der Waals surface area (Å²) in [6, 6.07) is 0.210. The number of hydrogen-bond acceptors (Lipinski definition) is 3. The van der Waals surface area contributed by atoms with Gasteiger partial charge in [0, 0.05) is 25.0 Å². The van der Waals surface area contributed by atoms with Crippen molar-refractivity contribution in [2.75, 3.05) is 26.2 Å². The highest BCUT2D eigenvalue weighted by molar-refractivity contribution is 5.78. The molecule has 1 aliphatic carbocycles. The Hall–Kier alpha value is -0.610. The number of rotatable bonds is 4. The maximum Gasteiger partial charge on any atom is 0.223 e. The quantitative estimate of drug-likeness (QED) is 0.805. The lowest BCUT2D eigenvalue weighted by Crippen LogP contribution is -2.41. The average molecular weight is 267 g/mol. The minimum Gasteiger partial charge on any atom is -0.356 e. The molecule has 0 radical (unpaired) electrons. The lowest BCUT2D eigenvalue weighted by atomic mass is 9.79. The minimum absolute atomic E-state index is 0.141. The SMILES string of the molecule is CCN1CCC(CNC(=O)C2CC(C)CC(N)C2)C1. The van der Waals surface area contributed by atoms with E-state index in [0.29, 0.717) is 11.8 Å². The van der Waals surface area contributed by atoms with Gasteiger partial charge in [-0.05, 0) is 50.6 Å². The lowest BCUT2D eigenvalue weighted by molar-refractivity contribution is -0.126. The molecule has 0 bridgehead atoms. The first-order valence-corrected chi connectivity index (χ1v) is 7.84. The van der Waals surface area contributed by atoms with Crippen molar-refractivity contribution >= 4 is 5.91 Å². The lowest BCUT2D eigenvalue weighted by Gasteiger charge is -2.30. The van der Waals surface area contributed by atoms with Crippen molar-refractivity contribution in [1.82, 2.24) is 10.2 Å². The van der Waals surface area contributed by atoms with Gasteiger partial charge in [0.15, 0.2) is 0 Å². The summed E-state index contributed by atoms with van der Waals surface area (Å²) >= 11 is 0. The fourth-order valence-corrected chi connectivity index (χ4v) is 3.63. The third-order valence-corrected chi connectivity index (χ3v) is 4.73. The molecule has 2 aliphatic rings. The molecule has 1 aliphatic heterocycles. The Morgan fingerprint density at radius 2 is 2.16 bits per heavy atom. The molecule has 0 spiro atoms. The summed E-state index contributed by atoms with van der Waals surface area (Å²) in [6.07, 6.45) is 4.15. The van der Waals surface area contributed by atoms with Gasteiger partial charge < -0.3 is 16.0 Å². The molecule has 4 atom stereocenters. The van der Waals surface area contributed by atoms with E-state index in [-0.39, 0.29) is 17.9 Å². The fourth-order valence-electron chi connectivity index (χ4n) is 3.63. The highest BCUT2D eigenvalue weighted by Gasteiger charge is 2.30. The van der Waals surface area contributed by atoms with Gasteiger partial charge in [-0.3, -0.25) is 4.79 Å². The van der Waals surface area contributed by atoms with Gasteiger partial charge in [-0.25, -0.2) is 0 Å². The molecule has 1 heterocycles. The molecule has 110 valence electrons. The Balaban J connectivity index is 1.72. The summed E-state index contributed by atoms with van der Waals surface area (Å²) in [7, 11) is 0. The van der Waals surface area contributed by atoms with Gasteiger partial charge in [-0.15, -0.1) is 0 Å². The number of nitrogens with one attached hydrogen (secondary N) is 1. The van der Waals surface area contributed by atoms with Gasteiger partial charge in [-0.1, -0.05) is 13.8 Å². The van der Waals surface area contributed by atoms with Gasteiger partial charge in [0.25, 0.3) is 0 Å². The van der Waals surface area contributed by atoms with Crippen molar-refractivity contribution in [1.29, 1.82) is 0 Å². The first-order chi connectivity index (χ1) is 9.08. The highest BCUT2D eigenvalue weighted by atomic mass is 16.1. The topological polar surface area (TPSA) is 58.4 Å². The molecule has 0 aromatic heterocycles. The van der Waals surface area contributed by atoms with Crippen LogP contribution in [0, 0.1) is 17.8 Å². The molecule has 0 aromatic carbocycles. The Kier molecular flexibility index (Phi) is 5.22. The summed E-state index contributed by atoms with van der Waals surface area (Å²) in [4.78, 5) is 14.7. The zero-order valence-corrected chi connectivity index (χ0v) is 12.4. The summed E-state index contributed by atoms with van der Waals surface area (Å²) in [5.41, 5.74) is 6.02. The number of carbonyl (C=O) groups is 1. The average Bonchev–Trinajstić information content (AvgIpc) is 2.82. The predicted molar refractivity (Wildman–Crippen MR) is 77.7 cm³/mol. The molecule has 4 nitrogen and oxygen atoms in total. The molecule has 19 heavy (non-hydrogen) atoms. The van der Waals surface area contributed by atoms with Crippen LogP contribution in [-0.4, -0.2) is 43.0 Å². The van der Waals surface area contributed by atoms with E-state index in [1.807, 2.05) is 0 Å². The van der Waals surface area contributed by atoms with Crippen LogP contribution < -0.4 is 11.1 Å². The molecule has 4 heteroatoms. The van der Waals surface area contributed by atoms with Gasteiger partial charge in [0.05, 0.1) is 0 Å². The normalized spacial score (nSPS) is 36.4. The van der Waals surface area contributed by atoms with Gasteiger partial charge in [0.1, 0.15) is 0 Å². The Morgan fingerprint density at radius 3 is 2.79 bits per heavy atom. The van der Waals surface area contributed by atoms with E-state index in [9.17, 15) is 4.79 Å². The molecule has 1 amide bonds. The van der Waals surface area contributed by atoms with Crippen LogP contribution in [0.4, 0.5) is 0 Å². The van der Waals surface area contributed by atoms with Gasteiger partial charge in [-0.2, -0.15) is 0 Å². The summed E-state index contributed by atoms with van der Waals surface area (Å²) in [5.74, 6) is 1.60. The third kappa shape index (κ3) is 4.18. The molecule has 4 unspecified atom stereocenters. The number of hydrogen-bond donors (Lipinski definition) is 2. The van der Waals surface area contributed by atoms with Crippen molar-refractivity contribution in [3.63, 3.8) is 0 Å². The van der Waals surface area contributed by atoms with Crippen LogP contribution in [0.3, 0.4) is 0 Å². The monoisotopic (exact) mass is 267 g/mol. The second-order valence-corrected chi connectivity index (χ2v) is 6.56. The standard InChI is InChI=1S/C15H29N3O/c1-3-18-5-4-12(10-18)9-17-15(19)13-6-11(2)7-14(16)8-13/h11-14H,3-10,16H2,1-2H3,(H,17,19). The molecule has 1 saturated carbocycles. The van der Waals surface area contributed by atoms with Crippen molar-refractivity contribution < 1.29 is 4.79 Å². The summed E-state index contributed by atoms with van der Waals surface area (Å²) in [6.45, 7) is 8.69. The number of nitrogens with zero attached hydrogens (tertiary/aromatic N) is 1. The number of likely N-dealkylation sites (tertiary alicyclic amines) is 1. The van der Waals surface area contributed by atoms with E-state index in [1.165, 1.54) is 13.0 Å². The number of amides is 1. The fraction of sp³-hybridized carbons (Fsp3) is 0.933. The Bertz CT molecular complexity index is 298. The van der Waals surface area contributed by atoms with Crippen LogP contribution in [-0.2, 0) is 4.79 Å². The smallest absolute Gasteiger partial charge is 0.223 e. The molecule has 2 rings (SSSR count). The van der Waals surface area contributed by atoms with Crippen molar-refractivity contribution in [2.24, 2.45) is 23.5 Å². The van der Waals surface area contributed by atoms with Crippen LogP contribution in [0.15, 0.2) is 0 Å². The van der Waals surface area contributed by atoms with Crippen molar-refractivity contribution in [2.45, 2.75) is 45.6 Å². The predicted octanol–water partition coefficient (Wildman–Crippen LogP) is 1.21. The second-order valence-electron chi connectivity index (χ2n) is 6.56. The van der Waals surface area contributed by atoms with Crippen LogP contribution in [0.5, 0.6) is 0 Å². The molecular formula is C15H29N3O. The maximum absolute atomic E-state index is 12.2. The molecular weight excluding hydrogens is 238 g/mol. The van der Waals surface area contributed by atoms with Crippen LogP contribution in [0.1, 0.15) is 39.5 Å². The van der Waals surface area contributed by atoms with Gasteiger partial charge >= 0.3 is 0 Å². The Labute approximate surface area is 117 Å². The maximum atomic E-state index is 12.2. The third-order valence-electron chi connectivity index (χ3n) is 4.73. The minimum atomic E-state index is 0.141. The zero-order valence-electron chi connectivity index (χ0n) is 12.4. The molecule has 2 fully saturated rings. The number of carbonyl (C=O) groups excluding carboxylic acids is 1. The van der Waals surface area contributed by atoms with E-state index in [1.54, 1.807) is 0 Å². The highest BCUT2D eigenvalue weighted by Crippen LogP contribution is 2.28. The van der Waals surface area contributed by atoms with E-state index in [2.05, 4.69) is 24.1 Å². The first-order valence-electron chi connectivity index (χ1n) is 7.84. The zero-order chi connectivity index (χ0) is 13.8. The van der Waals surface area contributed by atoms with E-state index in [4.69, 9.17) is 5.73 Å².